The van der Waals surface area contributed by atoms with Crippen LogP contribution in [0.4, 0.5) is 0 Å². The molecule has 1 aromatic carbocycles. The second-order valence-corrected chi connectivity index (χ2v) is 6.55. The molecule has 1 aliphatic heterocycles. The van der Waals surface area contributed by atoms with Crippen molar-refractivity contribution in [2.45, 2.75) is 32.2 Å². The first-order chi connectivity index (χ1) is 13.5. The number of likely N-dealkylation sites (tertiary alicyclic amines) is 1. The van der Waals surface area contributed by atoms with Crippen LogP contribution >= 0.6 is 0 Å². The van der Waals surface area contributed by atoms with Gasteiger partial charge in [0.1, 0.15) is 5.82 Å². The van der Waals surface area contributed by atoms with E-state index >= 15 is 0 Å². The van der Waals surface area contributed by atoms with Gasteiger partial charge in [-0.3, -0.25) is 9.59 Å². The summed E-state index contributed by atoms with van der Waals surface area (Å²) in [6.45, 7) is 2.53. The number of H-pyrrole nitrogens is 1. The van der Waals surface area contributed by atoms with Crippen LogP contribution in [0.3, 0.4) is 0 Å². The zero-order chi connectivity index (χ0) is 20.3. The minimum absolute atomic E-state index is 0.175. The summed E-state index contributed by atoms with van der Waals surface area (Å²) >= 11 is 0. The highest BCUT2D eigenvalue weighted by Crippen LogP contribution is 2.39. The highest BCUT2D eigenvalue weighted by atomic mass is 16.5. The number of carbonyl (C=O) groups is 1. The lowest BCUT2D eigenvalue weighted by molar-refractivity contribution is 0.0728. The lowest BCUT2D eigenvalue weighted by atomic mass is 10.1. The third kappa shape index (κ3) is 3.67. The van der Waals surface area contributed by atoms with Crippen LogP contribution < -0.4 is 19.8 Å². The Morgan fingerprint density at radius 2 is 1.86 bits per heavy atom. The Kier molecular flexibility index (Phi) is 5.87. The standard InChI is InChI=1S/C20H25N3O5/c1-5-13-11-17(24)22-19(21-13)14-7-6-8-23(14)20(25)12-9-15(26-2)18(28-4)16(10-12)27-3/h9-11,14H,5-8H2,1-4H3,(H,21,22,24). The van der Waals surface area contributed by atoms with Crippen LogP contribution in [0.1, 0.15) is 47.7 Å². The van der Waals surface area contributed by atoms with Gasteiger partial charge in [-0.15, -0.1) is 0 Å². The van der Waals surface area contributed by atoms with Gasteiger partial charge in [0, 0.05) is 23.9 Å². The summed E-state index contributed by atoms with van der Waals surface area (Å²) in [5.74, 6) is 1.62. The normalized spacial score (nSPS) is 16.1. The minimum atomic E-state index is -0.272. The van der Waals surface area contributed by atoms with Crippen molar-refractivity contribution in [1.82, 2.24) is 14.9 Å². The number of ether oxygens (including phenoxy) is 3. The number of aromatic amines is 1. The Morgan fingerprint density at radius 3 is 2.43 bits per heavy atom. The van der Waals surface area contributed by atoms with Crippen LogP contribution in [-0.4, -0.2) is 48.6 Å². The van der Waals surface area contributed by atoms with Gasteiger partial charge in [0.2, 0.25) is 5.75 Å². The Labute approximate surface area is 163 Å². The molecule has 1 N–H and O–H groups in total. The molecule has 8 heteroatoms. The molecule has 150 valence electrons. The Hall–Kier alpha value is -3.03. The number of carbonyl (C=O) groups excluding carboxylic acids is 1. The van der Waals surface area contributed by atoms with E-state index in [9.17, 15) is 9.59 Å². The fraction of sp³-hybridized carbons (Fsp3) is 0.450. The molecule has 0 radical (unpaired) electrons. The SMILES string of the molecule is CCc1cc(=O)[nH]c(C2CCCN2C(=O)c2cc(OC)c(OC)c(OC)c2)n1. The molecular formula is C20H25N3O5. The molecule has 1 atom stereocenters. The predicted octanol–water partition coefficient (Wildman–Crippen LogP) is 2.34. The van der Waals surface area contributed by atoms with Gasteiger partial charge in [0.25, 0.3) is 11.5 Å². The van der Waals surface area contributed by atoms with E-state index in [4.69, 9.17) is 14.2 Å². The fourth-order valence-corrected chi connectivity index (χ4v) is 3.53. The van der Waals surface area contributed by atoms with E-state index in [2.05, 4.69) is 9.97 Å². The first-order valence-electron chi connectivity index (χ1n) is 9.23. The molecule has 1 amide bonds. The van der Waals surface area contributed by atoms with Gasteiger partial charge in [0.15, 0.2) is 11.5 Å². The van der Waals surface area contributed by atoms with E-state index < -0.39 is 0 Å². The van der Waals surface area contributed by atoms with E-state index in [0.717, 1.165) is 12.8 Å². The second kappa shape index (κ2) is 8.33. The summed E-state index contributed by atoms with van der Waals surface area (Å²) in [6.07, 6.45) is 2.23. The number of methoxy groups -OCH3 is 3. The average Bonchev–Trinajstić information content (AvgIpc) is 3.21. The number of hydrogen-bond donors (Lipinski definition) is 1. The number of benzene rings is 1. The molecule has 1 saturated heterocycles. The molecule has 0 bridgehead atoms. The number of nitrogens with one attached hydrogen (secondary N) is 1. The third-order valence-corrected chi connectivity index (χ3v) is 4.92. The highest BCUT2D eigenvalue weighted by Gasteiger charge is 2.33. The van der Waals surface area contributed by atoms with Crippen LogP contribution in [0.5, 0.6) is 17.2 Å². The maximum Gasteiger partial charge on any atom is 0.254 e. The van der Waals surface area contributed by atoms with Gasteiger partial charge in [-0.2, -0.15) is 0 Å². The molecule has 0 saturated carbocycles. The van der Waals surface area contributed by atoms with E-state index in [1.807, 2.05) is 6.92 Å². The first-order valence-corrected chi connectivity index (χ1v) is 9.23. The molecule has 2 aromatic rings. The molecule has 3 rings (SSSR count). The summed E-state index contributed by atoms with van der Waals surface area (Å²) in [6, 6.07) is 4.49. The topological polar surface area (TPSA) is 93.8 Å². The van der Waals surface area contributed by atoms with E-state index in [1.54, 1.807) is 17.0 Å². The van der Waals surface area contributed by atoms with Gasteiger partial charge in [-0.05, 0) is 31.4 Å². The maximum atomic E-state index is 13.3. The quantitative estimate of drug-likeness (QED) is 0.818. The van der Waals surface area contributed by atoms with Crippen molar-refractivity contribution < 1.29 is 19.0 Å². The summed E-state index contributed by atoms with van der Waals surface area (Å²) < 4.78 is 16.0. The summed E-state index contributed by atoms with van der Waals surface area (Å²) in [7, 11) is 4.53. The third-order valence-electron chi connectivity index (χ3n) is 4.92. The summed E-state index contributed by atoms with van der Waals surface area (Å²) in [5, 5.41) is 0. The fourth-order valence-electron chi connectivity index (χ4n) is 3.53. The zero-order valence-corrected chi connectivity index (χ0v) is 16.6. The predicted molar refractivity (Wildman–Crippen MR) is 103 cm³/mol. The Bertz CT molecular complexity index is 899. The Balaban J connectivity index is 1.98. The van der Waals surface area contributed by atoms with E-state index in [0.29, 0.717) is 47.3 Å². The van der Waals surface area contributed by atoms with Gasteiger partial charge in [0.05, 0.1) is 27.4 Å². The monoisotopic (exact) mass is 387 g/mol. The number of aromatic nitrogens is 2. The van der Waals surface area contributed by atoms with Crippen molar-refractivity contribution in [3.8, 4) is 17.2 Å². The van der Waals surface area contributed by atoms with E-state index in [1.165, 1.54) is 27.4 Å². The minimum Gasteiger partial charge on any atom is -0.493 e. The lowest BCUT2D eigenvalue weighted by Crippen LogP contribution is -2.32. The summed E-state index contributed by atoms with van der Waals surface area (Å²) in [5.41, 5.74) is 0.940. The first kappa shape index (κ1) is 19.7. The molecule has 0 spiro atoms. The van der Waals surface area contributed by atoms with Crippen molar-refractivity contribution in [2.24, 2.45) is 0 Å². The number of rotatable bonds is 6. The molecule has 1 fully saturated rings. The number of aryl methyl sites for hydroxylation is 1. The highest BCUT2D eigenvalue weighted by molar-refractivity contribution is 5.96. The number of hydrogen-bond acceptors (Lipinski definition) is 6. The van der Waals surface area contributed by atoms with Crippen molar-refractivity contribution in [1.29, 1.82) is 0 Å². The molecule has 2 heterocycles. The van der Waals surface area contributed by atoms with Crippen LogP contribution in [0.15, 0.2) is 23.0 Å². The molecule has 0 aliphatic carbocycles. The van der Waals surface area contributed by atoms with Crippen molar-refractivity contribution in [3.63, 3.8) is 0 Å². The molecule has 28 heavy (non-hydrogen) atoms. The number of amides is 1. The molecule has 8 nitrogen and oxygen atoms in total. The van der Waals surface area contributed by atoms with Gasteiger partial charge in [-0.25, -0.2) is 4.98 Å². The Morgan fingerprint density at radius 1 is 1.18 bits per heavy atom. The average molecular weight is 387 g/mol. The van der Waals surface area contributed by atoms with Crippen molar-refractivity contribution in [2.75, 3.05) is 27.9 Å². The van der Waals surface area contributed by atoms with Crippen molar-refractivity contribution in [3.05, 3.63) is 45.6 Å². The zero-order valence-electron chi connectivity index (χ0n) is 16.6. The smallest absolute Gasteiger partial charge is 0.254 e. The van der Waals surface area contributed by atoms with Gasteiger partial charge >= 0.3 is 0 Å². The maximum absolute atomic E-state index is 13.3. The van der Waals surface area contributed by atoms with Gasteiger partial charge < -0.3 is 24.1 Å². The second-order valence-electron chi connectivity index (χ2n) is 6.55. The van der Waals surface area contributed by atoms with Crippen LogP contribution in [0.25, 0.3) is 0 Å². The van der Waals surface area contributed by atoms with Crippen LogP contribution in [0, 0.1) is 0 Å². The van der Waals surface area contributed by atoms with Crippen LogP contribution in [-0.2, 0) is 6.42 Å². The molecule has 1 unspecified atom stereocenters. The lowest BCUT2D eigenvalue weighted by Gasteiger charge is -2.25. The van der Waals surface area contributed by atoms with Crippen LogP contribution in [0.2, 0.25) is 0 Å². The summed E-state index contributed by atoms with van der Waals surface area (Å²) in [4.78, 5) is 34.3. The molecule has 1 aliphatic rings. The largest absolute Gasteiger partial charge is 0.493 e. The van der Waals surface area contributed by atoms with E-state index in [-0.39, 0.29) is 17.5 Å². The molecular weight excluding hydrogens is 362 g/mol. The van der Waals surface area contributed by atoms with Crippen molar-refractivity contribution >= 4 is 5.91 Å². The molecule has 1 aromatic heterocycles. The number of nitrogens with zero attached hydrogens (tertiary/aromatic N) is 2. The van der Waals surface area contributed by atoms with Gasteiger partial charge in [-0.1, -0.05) is 6.92 Å².